The molecule has 2 heterocycles. The smallest absolute Gasteiger partial charge is 0.329 e. The monoisotopic (exact) mass is 240 g/mol. The van der Waals surface area contributed by atoms with Crippen molar-refractivity contribution in [1.29, 1.82) is 0 Å². The number of nitrogens with zero attached hydrogens (tertiary/aromatic N) is 1. The fourth-order valence-electron chi connectivity index (χ4n) is 1.62. The molecule has 5 nitrogen and oxygen atoms in total. The predicted molar refractivity (Wildman–Crippen MR) is 61.6 cm³/mol. The minimum absolute atomic E-state index is 0.257. The molecule has 16 heavy (non-hydrogen) atoms. The van der Waals surface area contributed by atoms with Gasteiger partial charge in [-0.1, -0.05) is 6.42 Å². The molecule has 2 rings (SSSR count). The number of ether oxygens (including phenoxy) is 1. The lowest BCUT2D eigenvalue weighted by Crippen LogP contribution is -2.41. The average molecular weight is 240 g/mol. The van der Waals surface area contributed by atoms with Crippen LogP contribution in [0.1, 0.15) is 19.3 Å². The van der Waals surface area contributed by atoms with E-state index >= 15 is 0 Å². The molecule has 2 aliphatic rings. The van der Waals surface area contributed by atoms with E-state index in [4.69, 9.17) is 4.74 Å². The topological polar surface area (TPSA) is 67.8 Å². The van der Waals surface area contributed by atoms with Crippen molar-refractivity contribution in [2.75, 3.05) is 6.54 Å². The van der Waals surface area contributed by atoms with Gasteiger partial charge in [-0.05, 0) is 19.4 Å². The maximum absolute atomic E-state index is 11.7. The second-order valence-electron chi connectivity index (χ2n) is 3.55. The second kappa shape index (κ2) is 5.21. The highest BCUT2D eigenvalue weighted by atomic mass is 32.2. The fourth-order valence-corrected chi connectivity index (χ4v) is 2.38. The first-order valence-corrected chi connectivity index (χ1v) is 6.39. The van der Waals surface area contributed by atoms with Crippen molar-refractivity contribution in [2.45, 2.75) is 25.3 Å². The molecule has 1 fully saturated rings. The molecule has 6 heteroatoms. The zero-order chi connectivity index (χ0) is 11.4. The summed E-state index contributed by atoms with van der Waals surface area (Å²) in [7, 11) is -0.904. The van der Waals surface area contributed by atoms with Crippen LogP contribution in [0.3, 0.4) is 0 Å². The molecule has 2 aliphatic heterocycles. The molecule has 0 radical (unpaired) electrons. The summed E-state index contributed by atoms with van der Waals surface area (Å²) < 4.78 is 5.14. The molecule has 1 saturated heterocycles. The van der Waals surface area contributed by atoms with E-state index < -0.39 is 10.5 Å². The maximum Gasteiger partial charge on any atom is 0.329 e. The van der Waals surface area contributed by atoms with Crippen molar-refractivity contribution in [1.82, 2.24) is 5.32 Å². The summed E-state index contributed by atoms with van der Waals surface area (Å²) in [4.78, 5) is 26.0. The number of hydrogen-bond acceptors (Lipinski definition) is 5. The number of rotatable bonds is 2. The molecular weight excluding hydrogens is 228 g/mol. The molecule has 1 N–H and O–H groups in total. The van der Waals surface area contributed by atoms with Crippen molar-refractivity contribution in [3.8, 4) is 0 Å². The Balaban J connectivity index is 1.95. The third-order valence-corrected chi connectivity index (χ3v) is 3.58. The van der Waals surface area contributed by atoms with Crippen LogP contribution >= 0.6 is 10.5 Å². The van der Waals surface area contributed by atoms with Gasteiger partial charge in [-0.3, -0.25) is 4.99 Å². The van der Waals surface area contributed by atoms with Gasteiger partial charge in [0.05, 0.1) is 11.7 Å². The van der Waals surface area contributed by atoms with E-state index in [0.717, 1.165) is 25.8 Å². The van der Waals surface area contributed by atoms with Gasteiger partial charge in [0.2, 0.25) is 0 Å². The molecule has 0 aliphatic carbocycles. The summed E-state index contributed by atoms with van der Waals surface area (Å²) in [6.07, 6.45) is 4.29. The van der Waals surface area contributed by atoms with Gasteiger partial charge in [-0.2, -0.15) is 0 Å². The molecule has 2 unspecified atom stereocenters. The highest BCUT2D eigenvalue weighted by molar-refractivity contribution is 8.29. The number of hydrogen-bond donors (Lipinski definition) is 1. The van der Waals surface area contributed by atoms with Crippen molar-refractivity contribution < 1.29 is 14.3 Å². The normalized spacial score (nSPS) is 28.4. The zero-order valence-corrected chi connectivity index (χ0v) is 9.46. The molecular formula is C10H12N2O3S. The molecule has 0 aromatic heterocycles. The van der Waals surface area contributed by atoms with Gasteiger partial charge in [-0.15, -0.1) is 0 Å². The summed E-state index contributed by atoms with van der Waals surface area (Å²) in [5.41, 5.74) is 1.43. The Hall–Kier alpha value is -1.23. The van der Waals surface area contributed by atoms with E-state index in [1.165, 1.54) is 11.7 Å². The fraction of sp³-hybridized carbons (Fsp3) is 0.500. The first kappa shape index (κ1) is 11.3. The third-order valence-electron chi connectivity index (χ3n) is 2.45. The van der Waals surface area contributed by atoms with E-state index in [9.17, 15) is 9.59 Å². The van der Waals surface area contributed by atoms with Gasteiger partial charge >= 0.3 is 5.97 Å². The van der Waals surface area contributed by atoms with Gasteiger partial charge in [0.1, 0.15) is 6.04 Å². The molecule has 86 valence electrons. The summed E-state index contributed by atoms with van der Waals surface area (Å²) in [6, 6.07) is -0.257. The third kappa shape index (κ3) is 2.47. The Bertz CT molecular complexity index is 404. The van der Waals surface area contributed by atoms with E-state index in [2.05, 4.69) is 10.3 Å². The van der Waals surface area contributed by atoms with Crippen LogP contribution in [0.25, 0.3) is 0 Å². The van der Waals surface area contributed by atoms with Crippen LogP contribution in [-0.2, 0) is 14.3 Å². The van der Waals surface area contributed by atoms with Crippen LogP contribution in [-0.4, -0.2) is 29.3 Å². The number of carbonyl (C=O) groups is 1. The lowest BCUT2D eigenvalue weighted by Gasteiger charge is -2.21. The molecule has 0 aromatic carbocycles. The van der Waals surface area contributed by atoms with Gasteiger partial charge in [-0.25, -0.2) is 9.59 Å². The summed E-state index contributed by atoms with van der Waals surface area (Å²) in [5.74, 6) is -0.329. The van der Waals surface area contributed by atoms with Crippen molar-refractivity contribution >= 4 is 27.2 Å². The second-order valence-corrected chi connectivity index (χ2v) is 5.00. The zero-order valence-electron chi connectivity index (χ0n) is 8.64. The van der Waals surface area contributed by atoms with E-state index in [-0.39, 0.29) is 12.0 Å². The minimum Gasteiger partial charge on any atom is -0.416 e. The van der Waals surface area contributed by atoms with Crippen molar-refractivity contribution in [3.63, 3.8) is 0 Å². The standard InChI is InChI=1S/C10H12N2O3S/c13-7-16-6-11-5-9(16)15-10(14)8-3-1-2-4-12-8/h5-6,8,12H,1-4H2. The summed E-state index contributed by atoms with van der Waals surface area (Å²) in [5, 5.41) is 5.17. The SMILES string of the molecule is O=C=S1C=NC=C1OC(=O)C1CCCCN1. The lowest BCUT2D eigenvalue weighted by molar-refractivity contribution is -0.141. The number of carbonyl (C=O) groups excluding carboxylic acids is 2. The van der Waals surface area contributed by atoms with Crippen LogP contribution in [0.15, 0.2) is 16.3 Å². The van der Waals surface area contributed by atoms with Gasteiger partial charge in [0.15, 0.2) is 10.3 Å². The summed E-state index contributed by atoms with van der Waals surface area (Å²) >= 11 is 0. The Morgan fingerprint density at radius 1 is 1.62 bits per heavy atom. The number of nitrogens with one attached hydrogen (secondary N) is 1. The maximum atomic E-state index is 11.7. The largest absolute Gasteiger partial charge is 0.416 e. The van der Waals surface area contributed by atoms with Crippen LogP contribution in [0, 0.1) is 0 Å². The van der Waals surface area contributed by atoms with Crippen molar-refractivity contribution in [2.24, 2.45) is 4.99 Å². The van der Waals surface area contributed by atoms with Crippen LogP contribution in [0.4, 0.5) is 0 Å². The van der Waals surface area contributed by atoms with Crippen molar-refractivity contribution in [3.05, 3.63) is 11.3 Å². The highest BCUT2D eigenvalue weighted by Gasteiger charge is 2.24. The molecule has 0 amide bonds. The minimum atomic E-state index is -0.904. The van der Waals surface area contributed by atoms with Gasteiger partial charge in [0.25, 0.3) is 0 Å². The van der Waals surface area contributed by atoms with Gasteiger partial charge in [0, 0.05) is 10.5 Å². The molecule has 2 atom stereocenters. The number of aliphatic imine (C=N–C) groups is 1. The van der Waals surface area contributed by atoms with E-state index in [0.29, 0.717) is 5.09 Å². The van der Waals surface area contributed by atoms with E-state index in [1.54, 1.807) is 5.23 Å². The Kier molecular flexibility index (Phi) is 3.66. The molecule has 0 bridgehead atoms. The van der Waals surface area contributed by atoms with E-state index in [1.807, 2.05) is 0 Å². The molecule has 0 spiro atoms. The van der Waals surface area contributed by atoms with Crippen LogP contribution in [0.2, 0.25) is 0 Å². The number of piperidine rings is 1. The highest BCUT2D eigenvalue weighted by Crippen LogP contribution is 2.27. The lowest BCUT2D eigenvalue weighted by atomic mass is 10.1. The average Bonchev–Trinajstić information content (AvgIpc) is 2.77. The first-order chi connectivity index (χ1) is 7.81. The Labute approximate surface area is 95.5 Å². The first-order valence-electron chi connectivity index (χ1n) is 5.10. The number of esters is 1. The predicted octanol–water partition coefficient (Wildman–Crippen LogP) is 0.849. The van der Waals surface area contributed by atoms with Crippen LogP contribution < -0.4 is 5.32 Å². The van der Waals surface area contributed by atoms with Gasteiger partial charge < -0.3 is 10.1 Å². The Morgan fingerprint density at radius 2 is 2.50 bits per heavy atom. The quantitative estimate of drug-likeness (QED) is 0.574. The Morgan fingerprint density at radius 3 is 3.19 bits per heavy atom. The molecule has 0 aromatic rings. The molecule has 0 saturated carbocycles. The van der Waals surface area contributed by atoms with Crippen LogP contribution in [0.5, 0.6) is 0 Å². The summed E-state index contributed by atoms with van der Waals surface area (Å²) in [6.45, 7) is 0.834.